The van der Waals surface area contributed by atoms with Crippen LogP contribution >= 0.6 is 0 Å². The monoisotopic (exact) mass is 422 g/mol. The Labute approximate surface area is 185 Å². The van der Waals surface area contributed by atoms with Crippen molar-refractivity contribution in [2.45, 2.75) is 64.3 Å². The molecule has 0 bridgehead atoms. The van der Waals surface area contributed by atoms with E-state index in [-0.39, 0.29) is 24.4 Å². The lowest BCUT2D eigenvalue weighted by Crippen LogP contribution is -2.39. The van der Waals surface area contributed by atoms with Gasteiger partial charge in [0.15, 0.2) is 0 Å². The van der Waals surface area contributed by atoms with E-state index in [1.54, 1.807) is 24.3 Å². The molecule has 0 aliphatic heterocycles. The van der Waals surface area contributed by atoms with Gasteiger partial charge in [-0.1, -0.05) is 56.9 Å². The van der Waals surface area contributed by atoms with Crippen LogP contribution in [0.3, 0.4) is 0 Å². The van der Waals surface area contributed by atoms with Crippen LogP contribution in [0.1, 0.15) is 79.4 Å². The Kier molecular flexibility index (Phi) is 8.95. The molecule has 0 fully saturated rings. The van der Waals surface area contributed by atoms with E-state index in [9.17, 15) is 9.59 Å². The van der Waals surface area contributed by atoms with Crippen LogP contribution in [0, 0.1) is 0 Å². The van der Waals surface area contributed by atoms with E-state index in [4.69, 9.17) is 4.74 Å². The molecule has 1 aliphatic rings. The van der Waals surface area contributed by atoms with Gasteiger partial charge in [0.25, 0.3) is 5.91 Å². The van der Waals surface area contributed by atoms with Gasteiger partial charge in [0, 0.05) is 5.56 Å². The normalized spacial score (nSPS) is 15.1. The number of ether oxygens (including phenoxy) is 1. The molecule has 5 nitrogen and oxygen atoms in total. The van der Waals surface area contributed by atoms with Crippen LogP contribution in [0.25, 0.3) is 0 Å². The second-order valence-electron chi connectivity index (χ2n) is 8.18. The van der Waals surface area contributed by atoms with Gasteiger partial charge in [0.05, 0.1) is 19.2 Å². The van der Waals surface area contributed by atoms with Crippen molar-refractivity contribution in [3.8, 4) is 5.75 Å². The Morgan fingerprint density at radius 3 is 2.58 bits per heavy atom. The molecule has 2 N–H and O–H groups in total. The van der Waals surface area contributed by atoms with Gasteiger partial charge in [0.2, 0.25) is 5.91 Å². The average molecular weight is 423 g/mol. The molecular weight excluding hydrogens is 388 g/mol. The van der Waals surface area contributed by atoms with Crippen LogP contribution in [0.15, 0.2) is 48.5 Å². The van der Waals surface area contributed by atoms with E-state index in [1.165, 1.54) is 36.8 Å². The minimum atomic E-state index is -0.259. The molecule has 1 aliphatic carbocycles. The van der Waals surface area contributed by atoms with Gasteiger partial charge in [-0.25, -0.2) is 0 Å². The van der Waals surface area contributed by atoms with Crippen LogP contribution in [0.2, 0.25) is 0 Å². The van der Waals surface area contributed by atoms with E-state index in [2.05, 4.69) is 29.7 Å². The van der Waals surface area contributed by atoms with Gasteiger partial charge in [-0.3, -0.25) is 9.59 Å². The number of carbonyl (C=O) groups excluding carboxylic acids is 2. The molecule has 0 spiro atoms. The van der Waals surface area contributed by atoms with Gasteiger partial charge in [0.1, 0.15) is 5.75 Å². The smallest absolute Gasteiger partial charge is 0.251 e. The number of nitrogens with one attached hydrogen (secondary N) is 2. The Hall–Kier alpha value is -2.82. The number of unbranched alkanes of at least 4 members (excludes halogenated alkanes) is 4. The van der Waals surface area contributed by atoms with Gasteiger partial charge in [-0.15, -0.1) is 0 Å². The van der Waals surface area contributed by atoms with Crippen molar-refractivity contribution in [1.29, 1.82) is 0 Å². The standard InChI is InChI=1S/C26H34N2O3/c1-2-3-4-5-8-18-31-22-16-14-21(15-17-22)26(30)27-19-25(29)28-24-13-9-11-20-10-6-7-12-23(20)24/h6-7,10,12,14-17,24H,2-5,8-9,11,13,18-19H2,1H3,(H,27,30)(H,28,29). The summed E-state index contributed by atoms with van der Waals surface area (Å²) in [5.41, 5.74) is 3.01. The number of hydrogen-bond acceptors (Lipinski definition) is 3. The van der Waals surface area contributed by atoms with Crippen LogP contribution < -0.4 is 15.4 Å². The maximum absolute atomic E-state index is 12.4. The van der Waals surface area contributed by atoms with Gasteiger partial charge >= 0.3 is 0 Å². The third kappa shape index (κ3) is 7.12. The third-order valence-electron chi connectivity index (χ3n) is 5.75. The predicted molar refractivity (Wildman–Crippen MR) is 123 cm³/mol. The number of benzene rings is 2. The molecule has 0 saturated carbocycles. The zero-order valence-corrected chi connectivity index (χ0v) is 18.5. The molecular formula is C26H34N2O3. The number of rotatable bonds is 11. The number of amides is 2. The highest BCUT2D eigenvalue weighted by molar-refractivity contribution is 5.96. The minimum Gasteiger partial charge on any atom is -0.494 e. The topological polar surface area (TPSA) is 67.4 Å². The number of fused-ring (bicyclic) bond motifs is 1. The summed E-state index contributed by atoms with van der Waals surface area (Å²) < 4.78 is 5.74. The maximum atomic E-state index is 12.4. The van der Waals surface area contributed by atoms with Crippen molar-refractivity contribution in [3.63, 3.8) is 0 Å². The molecule has 0 saturated heterocycles. The van der Waals surface area contributed by atoms with Gasteiger partial charge in [-0.2, -0.15) is 0 Å². The zero-order chi connectivity index (χ0) is 21.9. The third-order valence-corrected chi connectivity index (χ3v) is 5.75. The molecule has 1 atom stereocenters. The highest BCUT2D eigenvalue weighted by Crippen LogP contribution is 2.29. The van der Waals surface area contributed by atoms with Crippen LogP contribution in [0.5, 0.6) is 5.75 Å². The second kappa shape index (κ2) is 12.1. The van der Waals surface area contributed by atoms with Crippen molar-refractivity contribution < 1.29 is 14.3 Å². The Bertz CT molecular complexity index is 848. The highest BCUT2D eigenvalue weighted by Gasteiger charge is 2.21. The zero-order valence-electron chi connectivity index (χ0n) is 18.5. The van der Waals surface area contributed by atoms with Crippen molar-refractivity contribution in [2.75, 3.05) is 13.2 Å². The first-order valence-electron chi connectivity index (χ1n) is 11.6. The Morgan fingerprint density at radius 2 is 1.77 bits per heavy atom. The minimum absolute atomic E-state index is 0.0211. The quantitative estimate of drug-likeness (QED) is 0.503. The lowest BCUT2D eigenvalue weighted by molar-refractivity contribution is -0.121. The summed E-state index contributed by atoms with van der Waals surface area (Å²) in [5, 5.41) is 5.77. The van der Waals surface area contributed by atoms with Crippen molar-refractivity contribution >= 4 is 11.8 Å². The molecule has 3 rings (SSSR count). The molecule has 2 amide bonds. The highest BCUT2D eigenvalue weighted by atomic mass is 16.5. The van der Waals surface area contributed by atoms with Crippen LogP contribution in [-0.2, 0) is 11.2 Å². The maximum Gasteiger partial charge on any atom is 0.251 e. The van der Waals surface area contributed by atoms with Crippen LogP contribution in [0.4, 0.5) is 0 Å². The first kappa shape index (κ1) is 22.9. The first-order valence-corrected chi connectivity index (χ1v) is 11.6. The average Bonchev–Trinajstić information content (AvgIpc) is 2.80. The van der Waals surface area contributed by atoms with Gasteiger partial charge < -0.3 is 15.4 Å². The molecule has 1 unspecified atom stereocenters. The summed E-state index contributed by atoms with van der Waals surface area (Å²) in [7, 11) is 0. The predicted octanol–water partition coefficient (Wildman–Crippen LogP) is 4.96. The molecule has 2 aromatic carbocycles. The summed E-state index contributed by atoms with van der Waals surface area (Å²) in [4.78, 5) is 24.8. The molecule has 166 valence electrons. The summed E-state index contributed by atoms with van der Waals surface area (Å²) in [6.07, 6.45) is 9.03. The summed E-state index contributed by atoms with van der Waals surface area (Å²) in [6, 6.07) is 15.3. The van der Waals surface area contributed by atoms with E-state index in [1.807, 2.05) is 12.1 Å². The van der Waals surface area contributed by atoms with E-state index in [0.29, 0.717) is 12.2 Å². The molecule has 5 heteroatoms. The molecule has 0 heterocycles. The lowest BCUT2D eigenvalue weighted by Gasteiger charge is -2.26. The largest absolute Gasteiger partial charge is 0.494 e. The fourth-order valence-corrected chi connectivity index (χ4v) is 4.01. The Morgan fingerprint density at radius 1 is 1.00 bits per heavy atom. The van der Waals surface area contributed by atoms with E-state index >= 15 is 0 Å². The van der Waals surface area contributed by atoms with Gasteiger partial charge in [-0.05, 0) is 61.1 Å². The summed E-state index contributed by atoms with van der Waals surface area (Å²) in [6.45, 7) is 2.86. The first-order chi connectivity index (χ1) is 15.2. The molecule has 0 radical (unpaired) electrons. The van der Waals surface area contributed by atoms with E-state index < -0.39 is 0 Å². The second-order valence-corrected chi connectivity index (χ2v) is 8.18. The SMILES string of the molecule is CCCCCCCOc1ccc(C(=O)NCC(=O)NC2CCCc3ccccc32)cc1. The molecule has 0 aromatic heterocycles. The number of aryl methyl sites for hydroxylation is 1. The summed E-state index contributed by atoms with van der Waals surface area (Å²) >= 11 is 0. The van der Waals surface area contributed by atoms with Crippen molar-refractivity contribution in [3.05, 3.63) is 65.2 Å². The fourth-order valence-electron chi connectivity index (χ4n) is 4.01. The van der Waals surface area contributed by atoms with Crippen LogP contribution in [-0.4, -0.2) is 25.0 Å². The molecule has 2 aromatic rings. The van der Waals surface area contributed by atoms with Crippen molar-refractivity contribution in [2.24, 2.45) is 0 Å². The Balaban J connectivity index is 1.40. The summed E-state index contributed by atoms with van der Waals surface area (Å²) in [5.74, 6) is 0.337. The van der Waals surface area contributed by atoms with Crippen molar-refractivity contribution in [1.82, 2.24) is 10.6 Å². The number of carbonyl (C=O) groups is 2. The lowest BCUT2D eigenvalue weighted by atomic mass is 9.88. The molecule has 31 heavy (non-hydrogen) atoms. The number of hydrogen-bond donors (Lipinski definition) is 2. The van der Waals surface area contributed by atoms with E-state index in [0.717, 1.165) is 31.4 Å². The fraction of sp³-hybridized carbons (Fsp3) is 0.462.